The maximum absolute atomic E-state index is 15.3. The highest BCUT2D eigenvalue weighted by atomic mass is 19.1. The summed E-state index contributed by atoms with van der Waals surface area (Å²) in [4.78, 5) is 0. The largest absolute Gasteiger partial charge is 0.378 e. The summed E-state index contributed by atoms with van der Waals surface area (Å²) in [7, 11) is 0. The van der Waals surface area contributed by atoms with Gasteiger partial charge in [-0.15, -0.1) is 0 Å². The van der Waals surface area contributed by atoms with Gasteiger partial charge in [-0.2, -0.15) is 0 Å². The van der Waals surface area contributed by atoms with Gasteiger partial charge >= 0.3 is 0 Å². The van der Waals surface area contributed by atoms with Crippen molar-refractivity contribution in [3.8, 4) is 0 Å². The summed E-state index contributed by atoms with van der Waals surface area (Å²) in [6, 6.07) is 1.66. The minimum absolute atomic E-state index is 0.0593. The molecular weight excluding hydrogens is 342 g/mol. The van der Waals surface area contributed by atoms with E-state index in [4.69, 9.17) is 4.74 Å². The monoisotopic (exact) mass is 376 g/mol. The maximum atomic E-state index is 15.3. The van der Waals surface area contributed by atoms with Crippen LogP contribution in [0.25, 0.3) is 0 Å². The van der Waals surface area contributed by atoms with Crippen molar-refractivity contribution in [1.29, 1.82) is 0 Å². The van der Waals surface area contributed by atoms with Gasteiger partial charge in [-0.1, -0.05) is 13.8 Å². The lowest BCUT2D eigenvalue weighted by molar-refractivity contribution is -0.0150. The Hall–Kier alpha value is -0.960. The Morgan fingerprint density at radius 1 is 1.04 bits per heavy atom. The molecule has 150 valence electrons. The van der Waals surface area contributed by atoms with E-state index in [0.29, 0.717) is 29.4 Å². The van der Waals surface area contributed by atoms with Crippen molar-refractivity contribution in [3.05, 3.63) is 34.4 Å². The van der Waals surface area contributed by atoms with Crippen molar-refractivity contribution in [3.63, 3.8) is 0 Å². The molecule has 0 saturated heterocycles. The lowest BCUT2D eigenvalue weighted by Crippen LogP contribution is -2.34. The molecule has 1 aromatic rings. The van der Waals surface area contributed by atoms with Crippen LogP contribution in [0.1, 0.15) is 87.8 Å². The third-order valence-electron chi connectivity index (χ3n) is 7.43. The number of ether oxygens (including phenoxy) is 1. The first-order valence-corrected chi connectivity index (χ1v) is 11.2. The molecule has 0 aromatic heterocycles. The Morgan fingerprint density at radius 2 is 1.81 bits per heavy atom. The average molecular weight is 377 g/mol. The summed E-state index contributed by atoms with van der Waals surface area (Å²) in [5.41, 5.74) is 2.13. The molecule has 2 saturated carbocycles. The van der Waals surface area contributed by atoms with Crippen molar-refractivity contribution in [2.24, 2.45) is 17.8 Å². The van der Waals surface area contributed by atoms with Crippen LogP contribution in [0.3, 0.4) is 0 Å². The van der Waals surface area contributed by atoms with Crippen molar-refractivity contribution in [1.82, 2.24) is 0 Å². The Kier molecular flexibility index (Phi) is 5.87. The molecular formula is C24H34F2O. The molecule has 27 heavy (non-hydrogen) atoms. The number of hydrogen-bond acceptors (Lipinski definition) is 1. The SMILES string of the molecule is CCCOC1CCC2CC(c3c(F)cc4c(c3F)CCC(C)C4)CCC2C1. The van der Waals surface area contributed by atoms with E-state index < -0.39 is 0 Å². The predicted octanol–water partition coefficient (Wildman–Crippen LogP) is 6.57. The zero-order valence-electron chi connectivity index (χ0n) is 16.9. The highest BCUT2D eigenvalue weighted by molar-refractivity contribution is 5.39. The number of fused-ring (bicyclic) bond motifs is 2. The van der Waals surface area contributed by atoms with Gasteiger partial charge in [-0.25, -0.2) is 8.78 Å². The molecule has 0 heterocycles. The topological polar surface area (TPSA) is 9.23 Å². The van der Waals surface area contributed by atoms with Gasteiger partial charge in [0.05, 0.1) is 6.10 Å². The fourth-order valence-corrected chi connectivity index (χ4v) is 5.97. The van der Waals surface area contributed by atoms with Crippen LogP contribution in [0.2, 0.25) is 0 Å². The number of hydrogen-bond donors (Lipinski definition) is 0. The minimum atomic E-state index is -0.288. The van der Waals surface area contributed by atoms with E-state index in [1.807, 2.05) is 0 Å². The molecule has 0 radical (unpaired) electrons. The molecule has 0 amide bonds. The van der Waals surface area contributed by atoms with Gasteiger partial charge in [-0.05, 0) is 105 Å². The van der Waals surface area contributed by atoms with Crippen LogP contribution in [0.15, 0.2) is 6.07 Å². The van der Waals surface area contributed by atoms with Crippen molar-refractivity contribution < 1.29 is 13.5 Å². The molecule has 0 N–H and O–H groups in total. The van der Waals surface area contributed by atoms with E-state index in [0.717, 1.165) is 81.9 Å². The molecule has 5 unspecified atom stereocenters. The summed E-state index contributed by atoms with van der Waals surface area (Å²) >= 11 is 0. The van der Waals surface area contributed by atoms with Crippen molar-refractivity contribution >= 4 is 0 Å². The molecule has 1 nitrogen and oxygen atoms in total. The molecule has 1 aromatic carbocycles. The number of rotatable bonds is 4. The van der Waals surface area contributed by atoms with Gasteiger partial charge < -0.3 is 4.74 Å². The van der Waals surface area contributed by atoms with E-state index in [1.165, 1.54) is 0 Å². The quantitative estimate of drug-likeness (QED) is 0.577. The Labute approximate surface area is 162 Å². The molecule has 3 aliphatic carbocycles. The second-order valence-electron chi connectivity index (χ2n) is 9.41. The van der Waals surface area contributed by atoms with Gasteiger partial charge in [0.1, 0.15) is 11.6 Å². The van der Waals surface area contributed by atoms with E-state index in [1.54, 1.807) is 6.07 Å². The van der Waals surface area contributed by atoms with Gasteiger partial charge in [0.2, 0.25) is 0 Å². The Balaban J connectivity index is 1.48. The lowest BCUT2D eigenvalue weighted by atomic mass is 9.65. The van der Waals surface area contributed by atoms with Crippen LogP contribution in [-0.2, 0) is 17.6 Å². The third-order valence-corrected chi connectivity index (χ3v) is 7.43. The summed E-state index contributed by atoms with van der Waals surface area (Å²) in [6.45, 7) is 5.18. The molecule has 0 aliphatic heterocycles. The van der Waals surface area contributed by atoms with E-state index in [9.17, 15) is 4.39 Å². The summed E-state index contributed by atoms with van der Waals surface area (Å²) in [5.74, 6) is 1.39. The maximum Gasteiger partial charge on any atom is 0.133 e. The van der Waals surface area contributed by atoms with Crippen LogP contribution >= 0.6 is 0 Å². The summed E-state index contributed by atoms with van der Waals surface area (Å²) < 4.78 is 36.2. The molecule has 0 bridgehead atoms. The van der Waals surface area contributed by atoms with Crippen molar-refractivity contribution in [2.45, 2.75) is 90.1 Å². The average Bonchev–Trinajstić information content (AvgIpc) is 2.66. The fourth-order valence-electron chi connectivity index (χ4n) is 5.97. The minimum Gasteiger partial charge on any atom is -0.378 e. The van der Waals surface area contributed by atoms with Crippen LogP contribution < -0.4 is 0 Å². The molecule has 0 spiro atoms. The van der Waals surface area contributed by atoms with Crippen LogP contribution in [0.5, 0.6) is 0 Å². The highest BCUT2D eigenvalue weighted by Crippen LogP contribution is 2.48. The van der Waals surface area contributed by atoms with Crippen LogP contribution in [0.4, 0.5) is 8.78 Å². The molecule has 5 atom stereocenters. The second kappa shape index (κ2) is 8.19. The predicted molar refractivity (Wildman–Crippen MR) is 105 cm³/mol. The van der Waals surface area contributed by atoms with E-state index in [2.05, 4.69) is 13.8 Å². The fraction of sp³-hybridized carbons (Fsp3) is 0.750. The number of halogens is 2. The zero-order chi connectivity index (χ0) is 19.0. The Bertz CT molecular complexity index is 671. The highest BCUT2D eigenvalue weighted by Gasteiger charge is 2.38. The number of benzene rings is 1. The van der Waals surface area contributed by atoms with Gasteiger partial charge in [0.25, 0.3) is 0 Å². The van der Waals surface area contributed by atoms with Crippen LogP contribution in [0, 0.1) is 29.4 Å². The zero-order valence-corrected chi connectivity index (χ0v) is 16.9. The van der Waals surface area contributed by atoms with Gasteiger partial charge in [-0.3, -0.25) is 0 Å². The molecule has 4 rings (SSSR count). The molecule has 2 fully saturated rings. The normalized spacial score (nSPS) is 33.4. The van der Waals surface area contributed by atoms with Crippen LogP contribution in [-0.4, -0.2) is 12.7 Å². The summed E-state index contributed by atoms with van der Waals surface area (Å²) in [6.07, 6.45) is 10.5. The third kappa shape index (κ3) is 3.95. The van der Waals surface area contributed by atoms with E-state index >= 15 is 4.39 Å². The van der Waals surface area contributed by atoms with Crippen molar-refractivity contribution in [2.75, 3.05) is 6.61 Å². The second-order valence-corrected chi connectivity index (χ2v) is 9.41. The lowest BCUT2D eigenvalue weighted by Gasteiger charge is -2.42. The smallest absolute Gasteiger partial charge is 0.133 e. The summed E-state index contributed by atoms with van der Waals surface area (Å²) in [5, 5.41) is 0. The first-order valence-electron chi connectivity index (χ1n) is 11.2. The van der Waals surface area contributed by atoms with E-state index in [-0.39, 0.29) is 17.6 Å². The van der Waals surface area contributed by atoms with Gasteiger partial charge in [0, 0.05) is 12.2 Å². The molecule has 3 heteroatoms. The standard InChI is InChI=1S/C24H34F2O/c1-3-10-27-20-8-7-16-12-18(6-5-17(16)13-20)23-22(25)14-19-11-15(2)4-9-21(19)24(23)26/h14-18,20H,3-13H2,1-2H3. The first-order chi connectivity index (χ1) is 13.1. The first kappa shape index (κ1) is 19.4. The molecule has 3 aliphatic rings. The Morgan fingerprint density at radius 3 is 2.63 bits per heavy atom. The van der Waals surface area contributed by atoms with Gasteiger partial charge in [0.15, 0.2) is 0 Å².